The fourth-order valence-electron chi connectivity index (χ4n) is 3.20. The minimum absolute atomic E-state index is 0.0626. The number of benzene rings is 1. The fourth-order valence-corrected chi connectivity index (χ4v) is 3.38. The molecule has 144 valence electrons. The van der Waals surface area contributed by atoms with Gasteiger partial charge in [0.2, 0.25) is 5.91 Å². The van der Waals surface area contributed by atoms with E-state index in [4.69, 9.17) is 16.3 Å². The van der Waals surface area contributed by atoms with E-state index < -0.39 is 5.60 Å². The molecule has 0 unspecified atom stereocenters. The van der Waals surface area contributed by atoms with Crippen molar-refractivity contribution < 1.29 is 14.3 Å². The van der Waals surface area contributed by atoms with Gasteiger partial charge in [-0.15, -0.1) is 0 Å². The van der Waals surface area contributed by atoms with Gasteiger partial charge in [0.05, 0.1) is 0 Å². The number of amides is 2. The summed E-state index contributed by atoms with van der Waals surface area (Å²) in [5.74, 6) is 0.279. The normalized spacial score (nSPS) is 15.7. The second kappa shape index (κ2) is 8.30. The highest BCUT2D eigenvalue weighted by Crippen LogP contribution is 2.33. The van der Waals surface area contributed by atoms with E-state index in [0.29, 0.717) is 30.6 Å². The molecule has 2 amide bonds. The van der Waals surface area contributed by atoms with E-state index in [1.165, 1.54) is 12.5 Å². The molecule has 1 aliphatic heterocycles. The molecule has 0 bridgehead atoms. The molecule has 1 aromatic rings. The molecule has 1 saturated heterocycles. The number of hydrogen-bond acceptors (Lipinski definition) is 3. The maximum Gasteiger partial charge on any atom is 0.410 e. The maximum atomic E-state index is 12.2. The van der Waals surface area contributed by atoms with Crippen LogP contribution in [0.3, 0.4) is 0 Å². The van der Waals surface area contributed by atoms with E-state index in [1.807, 2.05) is 33.8 Å². The van der Waals surface area contributed by atoms with Crippen LogP contribution in [-0.2, 0) is 16.1 Å². The van der Waals surface area contributed by atoms with Gasteiger partial charge in [-0.05, 0) is 69.2 Å². The van der Waals surface area contributed by atoms with Gasteiger partial charge in [0.25, 0.3) is 0 Å². The van der Waals surface area contributed by atoms with E-state index in [-0.39, 0.29) is 12.0 Å². The first-order chi connectivity index (χ1) is 12.1. The summed E-state index contributed by atoms with van der Waals surface area (Å²) in [5.41, 5.74) is 2.81. The smallest absolute Gasteiger partial charge is 0.410 e. The molecule has 0 saturated carbocycles. The van der Waals surface area contributed by atoms with Gasteiger partial charge in [-0.2, -0.15) is 0 Å². The SMILES string of the molecule is CC(=O)NCc1cc(Cl)c(C)cc1C1CCN(C(=O)OC(C)(C)C)CC1. The quantitative estimate of drug-likeness (QED) is 0.845. The molecule has 6 heteroatoms. The summed E-state index contributed by atoms with van der Waals surface area (Å²) in [7, 11) is 0. The van der Waals surface area contributed by atoms with Crippen molar-refractivity contribution in [1.82, 2.24) is 10.2 Å². The molecule has 1 aliphatic rings. The van der Waals surface area contributed by atoms with Crippen LogP contribution in [0.15, 0.2) is 12.1 Å². The molecular weight excluding hydrogens is 352 g/mol. The van der Waals surface area contributed by atoms with Gasteiger partial charge in [-0.3, -0.25) is 4.79 Å². The van der Waals surface area contributed by atoms with Crippen LogP contribution in [0, 0.1) is 6.92 Å². The molecule has 1 N–H and O–H groups in total. The van der Waals surface area contributed by atoms with Crippen molar-refractivity contribution >= 4 is 23.6 Å². The number of likely N-dealkylation sites (tertiary alicyclic amines) is 1. The molecule has 2 rings (SSSR count). The number of hydrogen-bond donors (Lipinski definition) is 1. The number of nitrogens with one attached hydrogen (secondary N) is 1. The molecule has 26 heavy (non-hydrogen) atoms. The summed E-state index contributed by atoms with van der Waals surface area (Å²) in [6.45, 7) is 10.9. The number of carbonyl (C=O) groups is 2. The summed E-state index contributed by atoms with van der Waals surface area (Å²) in [6, 6.07) is 4.07. The maximum absolute atomic E-state index is 12.2. The lowest BCUT2D eigenvalue weighted by Gasteiger charge is -2.34. The number of ether oxygens (including phenoxy) is 1. The van der Waals surface area contributed by atoms with Crippen LogP contribution in [0.1, 0.15) is 63.1 Å². The lowest BCUT2D eigenvalue weighted by Crippen LogP contribution is -2.41. The summed E-state index contributed by atoms with van der Waals surface area (Å²) >= 11 is 6.28. The standard InChI is InChI=1S/C20H29ClN2O3/c1-13-10-17(16(11-18(13)21)12-22-14(2)24)15-6-8-23(9-7-15)19(25)26-20(3,4)5/h10-11,15H,6-9,12H2,1-5H3,(H,22,24). The van der Waals surface area contributed by atoms with Gasteiger partial charge in [0, 0.05) is 31.6 Å². The Kier molecular flexibility index (Phi) is 6.56. The Morgan fingerprint density at radius 3 is 2.42 bits per heavy atom. The zero-order valence-electron chi connectivity index (χ0n) is 16.3. The average molecular weight is 381 g/mol. The molecule has 1 aromatic carbocycles. The van der Waals surface area contributed by atoms with Gasteiger partial charge in [0.15, 0.2) is 0 Å². The van der Waals surface area contributed by atoms with Crippen molar-refractivity contribution in [2.75, 3.05) is 13.1 Å². The third-order valence-electron chi connectivity index (χ3n) is 4.53. The molecule has 0 atom stereocenters. The van der Waals surface area contributed by atoms with Crippen molar-refractivity contribution in [2.45, 2.75) is 65.5 Å². The Hall–Kier alpha value is -1.75. The van der Waals surface area contributed by atoms with E-state index in [2.05, 4.69) is 11.4 Å². The van der Waals surface area contributed by atoms with Crippen molar-refractivity contribution in [3.05, 3.63) is 33.8 Å². The van der Waals surface area contributed by atoms with E-state index >= 15 is 0 Å². The third kappa shape index (κ3) is 5.63. The summed E-state index contributed by atoms with van der Waals surface area (Å²) in [6.07, 6.45) is 1.49. The van der Waals surface area contributed by atoms with Crippen LogP contribution in [0.4, 0.5) is 4.79 Å². The molecule has 0 aliphatic carbocycles. The van der Waals surface area contributed by atoms with Crippen LogP contribution in [-0.4, -0.2) is 35.6 Å². The molecular formula is C20H29ClN2O3. The minimum atomic E-state index is -0.479. The molecule has 1 heterocycles. The van der Waals surface area contributed by atoms with Crippen molar-refractivity contribution in [1.29, 1.82) is 0 Å². The highest BCUT2D eigenvalue weighted by atomic mass is 35.5. The lowest BCUT2D eigenvalue weighted by atomic mass is 9.85. The second-order valence-corrected chi connectivity index (χ2v) is 8.36. The Balaban J connectivity index is 2.09. The van der Waals surface area contributed by atoms with Gasteiger partial charge in [0.1, 0.15) is 5.60 Å². The number of aryl methyl sites for hydroxylation is 1. The van der Waals surface area contributed by atoms with Crippen LogP contribution in [0.25, 0.3) is 0 Å². The Bertz CT molecular complexity index is 674. The van der Waals surface area contributed by atoms with Crippen molar-refractivity contribution in [3.63, 3.8) is 0 Å². The first kappa shape index (κ1) is 20.6. The fraction of sp³-hybridized carbons (Fsp3) is 0.600. The van der Waals surface area contributed by atoms with Crippen LogP contribution >= 0.6 is 11.6 Å². The van der Waals surface area contributed by atoms with E-state index in [0.717, 1.165) is 24.0 Å². The number of rotatable bonds is 3. The summed E-state index contributed by atoms with van der Waals surface area (Å²) in [4.78, 5) is 25.3. The molecule has 1 fully saturated rings. The Labute approximate surface area is 161 Å². The lowest BCUT2D eigenvalue weighted by molar-refractivity contribution is -0.119. The van der Waals surface area contributed by atoms with Crippen molar-refractivity contribution in [3.8, 4) is 0 Å². The Morgan fingerprint density at radius 2 is 1.88 bits per heavy atom. The van der Waals surface area contributed by atoms with Gasteiger partial charge in [-0.25, -0.2) is 4.79 Å². The number of carbonyl (C=O) groups excluding carboxylic acids is 2. The average Bonchev–Trinajstić information content (AvgIpc) is 2.54. The number of piperidine rings is 1. The predicted octanol–water partition coefficient (Wildman–Crippen LogP) is 4.40. The van der Waals surface area contributed by atoms with Crippen molar-refractivity contribution in [2.24, 2.45) is 0 Å². The van der Waals surface area contributed by atoms with Crippen LogP contribution in [0.5, 0.6) is 0 Å². The van der Waals surface area contributed by atoms with Crippen LogP contribution in [0.2, 0.25) is 5.02 Å². The van der Waals surface area contributed by atoms with Gasteiger partial charge in [-0.1, -0.05) is 17.7 Å². The minimum Gasteiger partial charge on any atom is -0.444 e. The Morgan fingerprint density at radius 1 is 1.27 bits per heavy atom. The van der Waals surface area contributed by atoms with Crippen LogP contribution < -0.4 is 5.32 Å². The zero-order chi connectivity index (χ0) is 19.5. The van der Waals surface area contributed by atoms with Gasteiger partial charge >= 0.3 is 6.09 Å². The monoisotopic (exact) mass is 380 g/mol. The highest BCUT2D eigenvalue weighted by Gasteiger charge is 2.28. The highest BCUT2D eigenvalue weighted by molar-refractivity contribution is 6.31. The van der Waals surface area contributed by atoms with Gasteiger partial charge < -0.3 is 15.0 Å². The molecule has 0 spiro atoms. The van der Waals surface area contributed by atoms with E-state index in [9.17, 15) is 9.59 Å². The molecule has 5 nitrogen and oxygen atoms in total. The largest absolute Gasteiger partial charge is 0.444 e. The first-order valence-electron chi connectivity index (χ1n) is 9.08. The third-order valence-corrected chi connectivity index (χ3v) is 4.94. The number of nitrogens with zero attached hydrogens (tertiary/aromatic N) is 1. The topological polar surface area (TPSA) is 58.6 Å². The second-order valence-electron chi connectivity index (χ2n) is 7.95. The van der Waals surface area contributed by atoms with E-state index in [1.54, 1.807) is 4.90 Å². The molecule has 0 radical (unpaired) electrons. The summed E-state index contributed by atoms with van der Waals surface area (Å²) in [5, 5.41) is 3.57. The predicted molar refractivity (Wildman–Crippen MR) is 103 cm³/mol. The zero-order valence-corrected chi connectivity index (χ0v) is 17.1. The number of halogens is 1. The summed E-state index contributed by atoms with van der Waals surface area (Å²) < 4.78 is 5.46. The molecule has 0 aromatic heterocycles. The first-order valence-corrected chi connectivity index (χ1v) is 9.46.